The van der Waals surface area contributed by atoms with Crippen molar-refractivity contribution in [3.63, 3.8) is 0 Å². The predicted octanol–water partition coefficient (Wildman–Crippen LogP) is 2.13. The van der Waals surface area contributed by atoms with E-state index in [-0.39, 0.29) is 24.0 Å². The Labute approximate surface area is 209 Å². The minimum Gasteiger partial charge on any atom is -0.348 e. The second kappa shape index (κ2) is 14.5. The molecule has 0 saturated carbocycles. The normalized spacial score (nSPS) is 17.9. The predicted molar refractivity (Wildman–Crippen MR) is 140 cm³/mol. The number of nitrogens with zero attached hydrogens (tertiary/aromatic N) is 2. The number of carbonyl (C=O) groups excluding carboxylic acids is 2. The van der Waals surface area contributed by atoms with Crippen molar-refractivity contribution >= 4 is 11.9 Å². The maximum atomic E-state index is 12.9. The van der Waals surface area contributed by atoms with Gasteiger partial charge in [0, 0.05) is 52.4 Å². The summed E-state index contributed by atoms with van der Waals surface area (Å²) in [6.45, 7) is 10.1. The zero-order chi connectivity index (χ0) is 24.9. The average molecular weight is 481 g/mol. The highest BCUT2D eigenvalue weighted by Gasteiger charge is 2.18. The molecule has 0 bridgehead atoms. The SMILES string of the molecule is CC(NC(=O)CN1CCNCCN(C(=O)N[C@@H](C)c2ccccc2)CCNCC1)c1ccccc1. The molecule has 190 valence electrons. The number of amides is 3. The number of hydrogen-bond donors (Lipinski definition) is 4. The largest absolute Gasteiger partial charge is 0.348 e. The van der Waals surface area contributed by atoms with Crippen LogP contribution in [0.3, 0.4) is 0 Å². The molecule has 0 spiro atoms. The topological polar surface area (TPSA) is 88.7 Å². The molecule has 0 radical (unpaired) electrons. The summed E-state index contributed by atoms with van der Waals surface area (Å²) in [5, 5.41) is 13.1. The third-order valence-corrected chi connectivity index (χ3v) is 6.30. The quantitative estimate of drug-likeness (QED) is 0.509. The van der Waals surface area contributed by atoms with Gasteiger partial charge in [-0.15, -0.1) is 0 Å². The maximum Gasteiger partial charge on any atom is 0.317 e. The van der Waals surface area contributed by atoms with Crippen LogP contribution in [0.2, 0.25) is 0 Å². The first-order valence-corrected chi connectivity index (χ1v) is 12.6. The molecular weight excluding hydrogens is 440 g/mol. The Bertz CT molecular complexity index is 881. The summed E-state index contributed by atoms with van der Waals surface area (Å²) in [4.78, 5) is 29.5. The second-order valence-electron chi connectivity index (χ2n) is 9.04. The summed E-state index contributed by atoms with van der Waals surface area (Å²) in [5.74, 6) is 0.0313. The lowest BCUT2D eigenvalue weighted by atomic mass is 10.1. The maximum absolute atomic E-state index is 12.9. The fourth-order valence-electron chi connectivity index (χ4n) is 4.15. The second-order valence-corrected chi connectivity index (χ2v) is 9.04. The Kier molecular flexibility index (Phi) is 11.0. The van der Waals surface area contributed by atoms with Crippen LogP contribution in [0.1, 0.15) is 37.1 Å². The molecule has 1 aliphatic rings. The first-order valence-electron chi connectivity index (χ1n) is 12.6. The van der Waals surface area contributed by atoms with Gasteiger partial charge in [-0.1, -0.05) is 60.7 Å². The highest BCUT2D eigenvalue weighted by Crippen LogP contribution is 2.12. The summed E-state index contributed by atoms with van der Waals surface area (Å²) >= 11 is 0. The Morgan fingerprint density at radius 3 is 1.71 bits per heavy atom. The van der Waals surface area contributed by atoms with E-state index >= 15 is 0 Å². The summed E-state index contributed by atoms with van der Waals surface area (Å²) in [7, 11) is 0. The van der Waals surface area contributed by atoms with E-state index in [0.717, 1.165) is 37.3 Å². The number of hydrogen-bond acceptors (Lipinski definition) is 5. The minimum atomic E-state index is -0.0483. The van der Waals surface area contributed by atoms with Crippen molar-refractivity contribution in [1.29, 1.82) is 0 Å². The van der Waals surface area contributed by atoms with Gasteiger partial charge < -0.3 is 26.2 Å². The van der Waals surface area contributed by atoms with E-state index < -0.39 is 0 Å². The molecule has 1 aliphatic heterocycles. The van der Waals surface area contributed by atoms with E-state index in [1.54, 1.807) is 0 Å². The van der Waals surface area contributed by atoms with Crippen LogP contribution in [0.4, 0.5) is 4.79 Å². The van der Waals surface area contributed by atoms with E-state index in [4.69, 9.17) is 0 Å². The summed E-state index contributed by atoms with van der Waals surface area (Å²) in [6.07, 6.45) is 0. The first kappa shape index (κ1) is 26.7. The number of carbonyl (C=O) groups is 2. The third kappa shape index (κ3) is 9.32. The molecule has 1 unspecified atom stereocenters. The van der Waals surface area contributed by atoms with Gasteiger partial charge in [0.2, 0.25) is 5.91 Å². The molecule has 1 fully saturated rings. The molecule has 2 aromatic rings. The van der Waals surface area contributed by atoms with Crippen LogP contribution < -0.4 is 21.3 Å². The van der Waals surface area contributed by atoms with Gasteiger partial charge in [0.15, 0.2) is 0 Å². The summed E-state index contributed by atoms with van der Waals surface area (Å²) in [6, 6.07) is 19.9. The van der Waals surface area contributed by atoms with Crippen LogP contribution in [0.25, 0.3) is 0 Å². The molecule has 1 heterocycles. The summed E-state index contributed by atoms with van der Waals surface area (Å²) in [5.41, 5.74) is 2.19. The molecule has 1 saturated heterocycles. The highest BCUT2D eigenvalue weighted by atomic mass is 16.2. The monoisotopic (exact) mass is 480 g/mol. The molecule has 3 rings (SSSR count). The Morgan fingerprint density at radius 2 is 1.20 bits per heavy atom. The molecule has 4 N–H and O–H groups in total. The molecule has 35 heavy (non-hydrogen) atoms. The van der Waals surface area contributed by atoms with Gasteiger partial charge >= 0.3 is 6.03 Å². The third-order valence-electron chi connectivity index (χ3n) is 6.30. The molecule has 2 aromatic carbocycles. The zero-order valence-corrected chi connectivity index (χ0v) is 21.0. The first-order chi connectivity index (χ1) is 17.0. The summed E-state index contributed by atoms with van der Waals surface area (Å²) < 4.78 is 0. The number of benzene rings is 2. The van der Waals surface area contributed by atoms with E-state index in [1.165, 1.54) is 0 Å². The number of nitrogens with one attached hydrogen (secondary N) is 4. The van der Waals surface area contributed by atoms with Crippen molar-refractivity contribution in [2.45, 2.75) is 25.9 Å². The average Bonchev–Trinajstić information content (AvgIpc) is 2.86. The van der Waals surface area contributed by atoms with Gasteiger partial charge in [0.1, 0.15) is 0 Å². The van der Waals surface area contributed by atoms with Crippen molar-refractivity contribution in [1.82, 2.24) is 31.1 Å². The van der Waals surface area contributed by atoms with Crippen molar-refractivity contribution in [2.75, 3.05) is 58.9 Å². The zero-order valence-electron chi connectivity index (χ0n) is 21.0. The van der Waals surface area contributed by atoms with E-state index in [0.29, 0.717) is 32.7 Å². The van der Waals surface area contributed by atoms with Crippen molar-refractivity contribution < 1.29 is 9.59 Å². The lowest BCUT2D eigenvalue weighted by molar-refractivity contribution is -0.122. The van der Waals surface area contributed by atoms with E-state index in [1.807, 2.05) is 79.4 Å². The fraction of sp³-hybridized carbons (Fsp3) is 0.481. The van der Waals surface area contributed by atoms with E-state index in [9.17, 15) is 9.59 Å². The Morgan fingerprint density at radius 1 is 0.743 bits per heavy atom. The standard InChI is InChI=1S/C27H40N6O2/c1-22(24-9-5-3-6-10-24)30-26(34)21-32-17-13-28-15-19-33(20-16-29-14-18-32)27(35)31-23(2)25-11-7-4-8-12-25/h3-12,22-23,28-29H,13-21H2,1-2H3,(H,30,34)(H,31,35)/t22?,23-/m0/s1. The molecule has 8 nitrogen and oxygen atoms in total. The minimum absolute atomic E-state index is 0.0193. The van der Waals surface area contributed by atoms with Crippen LogP contribution in [0.15, 0.2) is 60.7 Å². The molecule has 0 aromatic heterocycles. The molecule has 2 atom stereocenters. The molecule has 0 aliphatic carbocycles. The smallest absolute Gasteiger partial charge is 0.317 e. The van der Waals surface area contributed by atoms with Crippen LogP contribution in [0, 0.1) is 0 Å². The van der Waals surface area contributed by atoms with Gasteiger partial charge in [-0.3, -0.25) is 9.69 Å². The van der Waals surface area contributed by atoms with Crippen molar-refractivity contribution in [2.24, 2.45) is 0 Å². The molecule has 3 amide bonds. The van der Waals surface area contributed by atoms with Gasteiger partial charge in [0.25, 0.3) is 0 Å². The van der Waals surface area contributed by atoms with Crippen LogP contribution >= 0.6 is 0 Å². The van der Waals surface area contributed by atoms with Crippen LogP contribution in [-0.2, 0) is 4.79 Å². The van der Waals surface area contributed by atoms with Crippen LogP contribution in [0.5, 0.6) is 0 Å². The van der Waals surface area contributed by atoms with E-state index in [2.05, 4.69) is 26.2 Å². The van der Waals surface area contributed by atoms with Crippen molar-refractivity contribution in [3.05, 3.63) is 71.8 Å². The van der Waals surface area contributed by atoms with Crippen LogP contribution in [-0.4, -0.2) is 80.6 Å². The number of rotatable bonds is 6. The lowest BCUT2D eigenvalue weighted by Gasteiger charge is -2.28. The molecule has 8 heteroatoms. The highest BCUT2D eigenvalue weighted by molar-refractivity contribution is 5.78. The van der Waals surface area contributed by atoms with Gasteiger partial charge in [-0.2, -0.15) is 0 Å². The Balaban J connectivity index is 1.43. The van der Waals surface area contributed by atoms with Crippen molar-refractivity contribution in [3.8, 4) is 0 Å². The molecular formula is C27H40N6O2. The van der Waals surface area contributed by atoms with Gasteiger partial charge in [-0.25, -0.2) is 4.79 Å². The van der Waals surface area contributed by atoms with Gasteiger partial charge in [-0.05, 0) is 25.0 Å². The lowest BCUT2D eigenvalue weighted by Crippen LogP contribution is -2.49. The van der Waals surface area contributed by atoms with Gasteiger partial charge in [0.05, 0.1) is 18.6 Å². The Hall–Kier alpha value is -2.94. The number of urea groups is 1. The fourth-order valence-corrected chi connectivity index (χ4v) is 4.15.